The first kappa shape index (κ1) is 31.3. The molecule has 0 spiro atoms. The number of amides is 2. The summed E-state index contributed by atoms with van der Waals surface area (Å²) in [6.07, 6.45) is 0.572. The molecule has 10 nitrogen and oxygen atoms in total. The zero-order valence-corrected chi connectivity index (χ0v) is 26.3. The van der Waals surface area contributed by atoms with Gasteiger partial charge in [0.1, 0.15) is 17.8 Å². The van der Waals surface area contributed by atoms with Crippen LogP contribution in [0.25, 0.3) is 0 Å². The van der Waals surface area contributed by atoms with Crippen molar-refractivity contribution in [1.29, 1.82) is 0 Å². The zero-order valence-electron chi connectivity index (χ0n) is 25.4. The Hall–Kier alpha value is -4.68. The van der Waals surface area contributed by atoms with E-state index in [1.54, 1.807) is 42.4 Å². The molecule has 0 unspecified atom stereocenters. The third-order valence-corrected chi connectivity index (χ3v) is 8.80. The molecule has 0 bridgehead atoms. The van der Waals surface area contributed by atoms with Gasteiger partial charge in [-0.3, -0.25) is 0 Å². The van der Waals surface area contributed by atoms with Crippen molar-refractivity contribution in [2.24, 2.45) is 13.0 Å². The molecule has 1 aliphatic heterocycles. The molecule has 1 fully saturated rings. The van der Waals surface area contributed by atoms with Crippen molar-refractivity contribution >= 4 is 29.2 Å². The van der Waals surface area contributed by atoms with Gasteiger partial charge in [0.25, 0.3) is 0 Å². The molecule has 236 valence electrons. The van der Waals surface area contributed by atoms with Crippen molar-refractivity contribution in [2.75, 3.05) is 16.4 Å². The molecule has 0 radical (unpaired) electrons. The highest BCUT2D eigenvalue weighted by atomic mass is 32.2. The van der Waals surface area contributed by atoms with E-state index in [4.69, 9.17) is 14.2 Å². The SMILES string of the molecule is C[C@@H]1[C@H](CSc2nncn2C)O[C@H](c2cccc(NC(=O)Nc3ccc(Oc4ccccc4)cc3)c2)O[C@@H]1c1ccc(CO)cc1. The van der Waals surface area contributed by atoms with Gasteiger partial charge in [0, 0.05) is 35.7 Å². The maximum atomic E-state index is 12.9. The number of nitrogens with one attached hydrogen (secondary N) is 2. The molecule has 0 saturated carbocycles. The minimum absolute atomic E-state index is 0.0218. The second kappa shape index (κ2) is 14.6. The number of rotatable bonds is 10. The molecule has 5 aromatic rings. The molecule has 4 atom stereocenters. The highest BCUT2D eigenvalue weighted by Crippen LogP contribution is 2.43. The third kappa shape index (κ3) is 7.75. The number of carbonyl (C=O) groups excluding carboxylic acids is 1. The number of urea groups is 1. The van der Waals surface area contributed by atoms with E-state index < -0.39 is 6.29 Å². The van der Waals surface area contributed by atoms with E-state index in [9.17, 15) is 9.90 Å². The summed E-state index contributed by atoms with van der Waals surface area (Å²) >= 11 is 1.58. The fourth-order valence-corrected chi connectivity index (χ4v) is 6.21. The van der Waals surface area contributed by atoms with Gasteiger partial charge >= 0.3 is 6.03 Å². The van der Waals surface area contributed by atoms with Gasteiger partial charge in [-0.15, -0.1) is 10.2 Å². The lowest BCUT2D eigenvalue weighted by Crippen LogP contribution is -2.38. The Bertz CT molecular complexity index is 1730. The van der Waals surface area contributed by atoms with Crippen LogP contribution < -0.4 is 15.4 Å². The van der Waals surface area contributed by atoms with Crippen LogP contribution in [0.1, 0.15) is 36.0 Å². The Morgan fingerprint density at radius 1 is 0.891 bits per heavy atom. The quantitative estimate of drug-likeness (QED) is 0.136. The molecule has 6 rings (SSSR count). The van der Waals surface area contributed by atoms with Crippen LogP contribution in [0.3, 0.4) is 0 Å². The minimum atomic E-state index is -0.675. The van der Waals surface area contributed by atoms with Crippen LogP contribution >= 0.6 is 11.8 Å². The summed E-state index contributed by atoms with van der Waals surface area (Å²) in [7, 11) is 1.91. The summed E-state index contributed by atoms with van der Waals surface area (Å²) in [5.74, 6) is 2.08. The monoisotopic (exact) mass is 637 g/mol. The maximum Gasteiger partial charge on any atom is 0.323 e. The molecular formula is C35H35N5O5S. The molecule has 0 aliphatic carbocycles. The first-order valence-corrected chi connectivity index (χ1v) is 15.9. The lowest BCUT2D eigenvalue weighted by Gasteiger charge is -2.41. The Kier molecular flexibility index (Phi) is 9.94. The van der Waals surface area contributed by atoms with E-state index in [1.165, 1.54) is 0 Å². The summed E-state index contributed by atoms with van der Waals surface area (Å²) in [6, 6.07) is 31.6. The highest BCUT2D eigenvalue weighted by Gasteiger charge is 2.38. The average molecular weight is 638 g/mol. The number of benzene rings is 4. The van der Waals surface area contributed by atoms with Gasteiger partial charge in [-0.1, -0.05) is 73.3 Å². The van der Waals surface area contributed by atoms with Gasteiger partial charge in [0.2, 0.25) is 0 Å². The molecule has 11 heteroatoms. The molecule has 1 aliphatic rings. The van der Waals surface area contributed by atoms with Gasteiger partial charge in [0.15, 0.2) is 11.4 Å². The number of anilines is 2. The maximum absolute atomic E-state index is 12.9. The summed E-state index contributed by atoms with van der Waals surface area (Å²) in [5, 5.41) is 24.3. The number of aliphatic hydroxyl groups is 1. The lowest BCUT2D eigenvalue weighted by molar-refractivity contribution is -0.268. The number of aliphatic hydroxyl groups excluding tert-OH is 1. The Morgan fingerprint density at radius 3 is 2.35 bits per heavy atom. The van der Waals surface area contributed by atoms with E-state index in [0.29, 0.717) is 22.9 Å². The van der Waals surface area contributed by atoms with Gasteiger partial charge < -0.3 is 34.5 Å². The van der Waals surface area contributed by atoms with Gasteiger partial charge in [-0.25, -0.2) is 4.79 Å². The molecule has 1 saturated heterocycles. The standard InChI is InChI=1S/C35H35N5O5S/c1-23-31(21-46-35-39-36-22-40(35)2)44-33(45-32(23)25-13-11-24(20-41)12-14-25)26-7-6-8-28(19-26)38-34(42)37-27-15-17-30(18-16-27)43-29-9-4-3-5-10-29/h3-19,22-23,31-33,41H,20-21H2,1-2H3,(H2,37,38,42)/t23-,31+,32+,33+/m1/s1. The topological polar surface area (TPSA) is 120 Å². The van der Waals surface area contributed by atoms with Crippen LogP contribution in [0, 0.1) is 5.92 Å². The Labute approximate surface area is 271 Å². The van der Waals surface area contributed by atoms with Gasteiger partial charge in [0.05, 0.1) is 18.8 Å². The van der Waals surface area contributed by atoms with Crippen molar-refractivity contribution in [1.82, 2.24) is 14.8 Å². The number of ether oxygens (including phenoxy) is 3. The van der Waals surface area contributed by atoms with Crippen molar-refractivity contribution in [3.05, 3.63) is 126 Å². The molecule has 46 heavy (non-hydrogen) atoms. The first-order valence-electron chi connectivity index (χ1n) is 14.9. The number of hydrogen-bond donors (Lipinski definition) is 3. The summed E-state index contributed by atoms with van der Waals surface area (Å²) in [4.78, 5) is 12.9. The highest BCUT2D eigenvalue weighted by molar-refractivity contribution is 7.99. The van der Waals surface area contributed by atoms with Gasteiger partial charge in [-0.05, 0) is 59.7 Å². The normalized spacial score (nSPS) is 19.4. The van der Waals surface area contributed by atoms with Crippen LogP contribution in [0.5, 0.6) is 11.5 Å². The van der Waals surface area contributed by atoms with Crippen molar-refractivity contribution < 1.29 is 24.1 Å². The summed E-state index contributed by atoms with van der Waals surface area (Å²) < 4.78 is 20.8. The molecule has 2 amide bonds. The van der Waals surface area contributed by atoms with Crippen molar-refractivity contribution in [3.8, 4) is 11.5 Å². The van der Waals surface area contributed by atoms with Crippen molar-refractivity contribution in [3.63, 3.8) is 0 Å². The minimum Gasteiger partial charge on any atom is -0.457 e. The fourth-order valence-electron chi connectivity index (χ4n) is 5.16. The predicted molar refractivity (Wildman–Crippen MR) is 177 cm³/mol. The number of aromatic nitrogens is 3. The number of hydrogen-bond acceptors (Lipinski definition) is 8. The Balaban J connectivity index is 1.14. The third-order valence-electron chi connectivity index (χ3n) is 7.68. The summed E-state index contributed by atoms with van der Waals surface area (Å²) in [5.41, 5.74) is 3.83. The molecule has 4 aromatic carbocycles. The van der Waals surface area contributed by atoms with Crippen LogP contribution in [-0.4, -0.2) is 37.8 Å². The predicted octanol–water partition coefficient (Wildman–Crippen LogP) is 7.33. The first-order chi connectivity index (χ1) is 22.4. The van der Waals surface area contributed by atoms with Crippen LogP contribution in [0.15, 0.2) is 115 Å². The summed E-state index contributed by atoms with van der Waals surface area (Å²) in [6.45, 7) is 2.09. The van der Waals surface area contributed by atoms with Crippen LogP contribution in [0.2, 0.25) is 0 Å². The fraction of sp³-hybridized carbons (Fsp3) is 0.229. The largest absolute Gasteiger partial charge is 0.457 e. The molecule has 3 N–H and O–H groups in total. The lowest BCUT2D eigenvalue weighted by atomic mass is 9.91. The Morgan fingerprint density at radius 2 is 1.63 bits per heavy atom. The zero-order chi connectivity index (χ0) is 31.9. The van der Waals surface area contributed by atoms with Crippen molar-refractivity contribution in [2.45, 2.75) is 37.2 Å². The molecule has 1 aromatic heterocycles. The second-order valence-corrected chi connectivity index (χ2v) is 12.0. The van der Waals surface area contributed by atoms with Gasteiger partial charge in [-0.2, -0.15) is 0 Å². The number of thioether (sulfide) groups is 1. The van der Waals surface area contributed by atoms with Crippen LogP contribution in [0.4, 0.5) is 16.2 Å². The number of aryl methyl sites for hydroxylation is 1. The second-order valence-electron chi connectivity index (χ2n) is 11.0. The van der Waals surface area contributed by atoms with Crippen LogP contribution in [-0.2, 0) is 23.1 Å². The molecular weight excluding hydrogens is 602 g/mol. The molecule has 2 heterocycles. The number of carbonyl (C=O) groups is 1. The van der Waals surface area contributed by atoms with E-state index in [0.717, 1.165) is 27.6 Å². The smallest absolute Gasteiger partial charge is 0.323 e. The van der Waals surface area contributed by atoms with E-state index in [1.807, 2.05) is 90.5 Å². The van der Waals surface area contributed by atoms with E-state index in [2.05, 4.69) is 27.8 Å². The van der Waals surface area contributed by atoms with E-state index >= 15 is 0 Å². The number of nitrogens with zero attached hydrogens (tertiary/aromatic N) is 3. The average Bonchev–Trinajstić information content (AvgIpc) is 3.50. The van der Waals surface area contributed by atoms with E-state index in [-0.39, 0.29) is 30.8 Å². The number of para-hydroxylation sites is 1.